The van der Waals surface area contributed by atoms with E-state index in [-0.39, 0.29) is 41.0 Å². The lowest BCUT2D eigenvalue weighted by Gasteiger charge is -2.31. The van der Waals surface area contributed by atoms with Gasteiger partial charge in [0.05, 0.1) is 24.6 Å². The molecule has 0 fully saturated rings. The van der Waals surface area contributed by atoms with Crippen LogP contribution < -0.4 is 9.47 Å². The summed E-state index contributed by atoms with van der Waals surface area (Å²) < 4.78 is 54.6. The number of ether oxygens (including phenoxy) is 3. The van der Waals surface area contributed by atoms with Crippen LogP contribution in [0, 0.1) is 0 Å². The number of benzene rings is 1. The fraction of sp³-hybridized carbons (Fsp3) is 0.450. The number of methoxy groups -OCH3 is 1. The van der Waals surface area contributed by atoms with E-state index in [1.165, 1.54) is 26.2 Å². The highest BCUT2D eigenvalue weighted by Crippen LogP contribution is 2.44. The summed E-state index contributed by atoms with van der Waals surface area (Å²) in [6.45, 7) is 3.37. The number of esters is 1. The summed E-state index contributed by atoms with van der Waals surface area (Å²) >= 11 is 3.15. The van der Waals surface area contributed by atoms with E-state index in [2.05, 4.69) is 15.9 Å². The Morgan fingerprint density at radius 1 is 1.31 bits per heavy atom. The van der Waals surface area contributed by atoms with E-state index in [1.807, 2.05) is 0 Å². The molecule has 1 aromatic carbocycles. The van der Waals surface area contributed by atoms with Gasteiger partial charge < -0.3 is 19.3 Å². The van der Waals surface area contributed by atoms with Crippen LogP contribution in [0.15, 0.2) is 40.1 Å². The first kappa shape index (κ1) is 23.1. The molecule has 0 aromatic heterocycles. The van der Waals surface area contributed by atoms with Crippen molar-refractivity contribution in [3.63, 3.8) is 0 Å². The number of aliphatic hydroxyl groups is 1. The number of halogens is 4. The lowest BCUT2D eigenvalue weighted by molar-refractivity contribution is -0.142. The molecule has 0 saturated carbocycles. The Labute approximate surface area is 175 Å². The van der Waals surface area contributed by atoms with Gasteiger partial charge in [-0.05, 0) is 53.9 Å². The highest BCUT2D eigenvalue weighted by atomic mass is 79.9. The molecule has 9 heteroatoms. The van der Waals surface area contributed by atoms with Crippen molar-refractivity contribution >= 4 is 21.9 Å². The van der Waals surface area contributed by atoms with Crippen LogP contribution in [-0.2, 0) is 16.0 Å². The quantitative estimate of drug-likeness (QED) is 0.507. The standard InChI is InChI=1S/C20H22BrF3O5/c1-4-28-17(25)9-12-5-6-14(27-3)11-16(12)29-19(2)13(7-8-20(22,23)24)10-15(21)18(19)26/h5-6,10-11,26H,4,7-9H2,1-3H3. The normalized spacial score (nSPS) is 19.2. The summed E-state index contributed by atoms with van der Waals surface area (Å²) in [6.07, 6.45) is -4.43. The van der Waals surface area contributed by atoms with E-state index in [1.54, 1.807) is 19.1 Å². The van der Waals surface area contributed by atoms with Crippen molar-refractivity contribution < 1.29 is 37.3 Å². The van der Waals surface area contributed by atoms with Gasteiger partial charge in [-0.3, -0.25) is 4.79 Å². The fourth-order valence-corrected chi connectivity index (χ4v) is 3.58. The van der Waals surface area contributed by atoms with Crippen molar-refractivity contribution in [3.05, 3.63) is 45.7 Å². The van der Waals surface area contributed by atoms with Crippen LogP contribution in [0.4, 0.5) is 13.2 Å². The van der Waals surface area contributed by atoms with Gasteiger partial charge in [-0.15, -0.1) is 0 Å². The van der Waals surface area contributed by atoms with Crippen molar-refractivity contribution in [1.29, 1.82) is 0 Å². The Morgan fingerprint density at radius 2 is 2.00 bits per heavy atom. The smallest absolute Gasteiger partial charge is 0.389 e. The van der Waals surface area contributed by atoms with Crippen LogP contribution in [0.1, 0.15) is 32.3 Å². The molecule has 0 heterocycles. The Bertz CT molecular complexity index is 832. The Kier molecular flexibility index (Phi) is 7.26. The molecule has 0 spiro atoms. The van der Waals surface area contributed by atoms with Gasteiger partial charge in [0.15, 0.2) is 11.4 Å². The second kappa shape index (κ2) is 9.11. The zero-order valence-corrected chi connectivity index (χ0v) is 17.8. The van der Waals surface area contributed by atoms with Crippen LogP contribution in [0.5, 0.6) is 11.5 Å². The van der Waals surface area contributed by atoms with Crippen LogP contribution in [0.3, 0.4) is 0 Å². The molecule has 1 aromatic rings. The Morgan fingerprint density at radius 3 is 2.59 bits per heavy atom. The summed E-state index contributed by atoms with van der Waals surface area (Å²) in [5.74, 6) is -0.100. The van der Waals surface area contributed by atoms with E-state index in [9.17, 15) is 23.1 Å². The molecule has 5 nitrogen and oxygen atoms in total. The molecule has 160 valence electrons. The van der Waals surface area contributed by atoms with Gasteiger partial charge in [0.25, 0.3) is 0 Å². The van der Waals surface area contributed by atoms with E-state index in [0.717, 1.165) is 0 Å². The third kappa shape index (κ3) is 5.68. The molecule has 0 aliphatic heterocycles. The molecule has 1 aliphatic carbocycles. The van der Waals surface area contributed by atoms with Gasteiger partial charge in [-0.2, -0.15) is 13.2 Å². The molecule has 29 heavy (non-hydrogen) atoms. The van der Waals surface area contributed by atoms with Gasteiger partial charge in [-0.1, -0.05) is 6.07 Å². The van der Waals surface area contributed by atoms with Crippen molar-refractivity contribution in [2.24, 2.45) is 0 Å². The summed E-state index contributed by atoms with van der Waals surface area (Å²) in [6, 6.07) is 4.75. The number of alkyl halides is 3. The predicted molar refractivity (Wildman–Crippen MR) is 104 cm³/mol. The zero-order chi connectivity index (χ0) is 21.8. The van der Waals surface area contributed by atoms with Crippen LogP contribution in [0.2, 0.25) is 0 Å². The molecule has 0 saturated heterocycles. The second-order valence-electron chi connectivity index (χ2n) is 6.57. The van der Waals surface area contributed by atoms with Crippen LogP contribution in [-0.4, -0.2) is 36.6 Å². The number of allylic oxidation sites excluding steroid dienone is 2. The maximum atomic E-state index is 12.7. The van der Waals surface area contributed by atoms with Crippen LogP contribution in [0.25, 0.3) is 0 Å². The molecule has 1 atom stereocenters. The number of hydrogen-bond acceptors (Lipinski definition) is 5. The summed E-state index contributed by atoms with van der Waals surface area (Å²) in [7, 11) is 1.45. The first-order chi connectivity index (χ1) is 13.5. The molecule has 2 rings (SSSR count). The van der Waals surface area contributed by atoms with Gasteiger partial charge in [0.1, 0.15) is 11.5 Å². The fourth-order valence-electron chi connectivity index (χ4n) is 2.93. The summed E-state index contributed by atoms with van der Waals surface area (Å²) in [4.78, 5) is 11.9. The summed E-state index contributed by atoms with van der Waals surface area (Å²) in [5, 5.41) is 10.5. The molecule has 0 amide bonds. The molecular formula is C20H22BrF3O5. The second-order valence-corrected chi connectivity index (χ2v) is 7.43. The highest BCUT2D eigenvalue weighted by molar-refractivity contribution is 9.11. The van der Waals surface area contributed by atoms with E-state index in [4.69, 9.17) is 14.2 Å². The van der Waals surface area contributed by atoms with E-state index < -0.39 is 24.2 Å². The van der Waals surface area contributed by atoms with Gasteiger partial charge >= 0.3 is 12.1 Å². The SMILES string of the molecule is CCOC(=O)Cc1ccc(OC)cc1OC1(C)C(CCC(F)(F)F)=CC(Br)=C1O. The van der Waals surface area contributed by atoms with E-state index >= 15 is 0 Å². The minimum absolute atomic E-state index is 0.101. The molecule has 0 bridgehead atoms. The van der Waals surface area contributed by atoms with Crippen molar-refractivity contribution in [2.75, 3.05) is 13.7 Å². The highest BCUT2D eigenvalue weighted by Gasteiger charge is 2.43. The molecule has 0 radical (unpaired) electrons. The van der Waals surface area contributed by atoms with Gasteiger partial charge in [0.2, 0.25) is 0 Å². The maximum absolute atomic E-state index is 12.7. The topological polar surface area (TPSA) is 65.0 Å². The molecular weight excluding hydrogens is 457 g/mol. The number of carbonyl (C=O) groups excluding carboxylic acids is 1. The number of rotatable bonds is 8. The Hall–Kier alpha value is -2.16. The third-order valence-corrected chi connectivity index (χ3v) is 5.10. The lowest BCUT2D eigenvalue weighted by atomic mass is 9.93. The number of hydrogen-bond donors (Lipinski definition) is 1. The van der Waals surface area contributed by atoms with Gasteiger partial charge in [-0.25, -0.2) is 0 Å². The van der Waals surface area contributed by atoms with Crippen molar-refractivity contribution in [2.45, 2.75) is 44.9 Å². The predicted octanol–water partition coefficient (Wildman–Crippen LogP) is 5.39. The first-order valence-corrected chi connectivity index (χ1v) is 9.68. The monoisotopic (exact) mass is 478 g/mol. The van der Waals surface area contributed by atoms with E-state index in [0.29, 0.717) is 11.3 Å². The molecule has 1 unspecified atom stereocenters. The molecule has 1 N–H and O–H groups in total. The average molecular weight is 479 g/mol. The van der Waals surface area contributed by atoms with Gasteiger partial charge in [0, 0.05) is 18.1 Å². The van der Waals surface area contributed by atoms with Crippen molar-refractivity contribution in [1.82, 2.24) is 0 Å². The van der Waals surface area contributed by atoms with Crippen molar-refractivity contribution in [3.8, 4) is 11.5 Å². The van der Waals surface area contributed by atoms with Crippen LogP contribution >= 0.6 is 15.9 Å². The maximum Gasteiger partial charge on any atom is 0.389 e. The lowest BCUT2D eigenvalue weighted by Crippen LogP contribution is -2.36. The minimum Gasteiger partial charge on any atom is -0.507 e. The third-order valence-electron chi connectivity index (χ3n) is 4.50. The zero-order valence-electron chi connectivity index (χ0n) is 16.2. The number of aliphatic hydroxyl groups excluding tert-OH is 1. The largest absolute Gasteiger partial charge is 0.507 e. The molecule has 1 aliphatic rings. The number of carbonyl (C=O) groups is 1. The first-order valence-electron chi connectivity index (χ1n) is 8.88. The average Bonchev–Trinajstić information content (AvgIpc) is 2.84. The summed E-state index contributed by atoms with van der Waals surface area (Å²) in [5.41, 5.74) is -0.819. The Balaban J connectivity index is 2.38. The minimum atomic E-state index is -4.35.